The first-order chi connectivity index (χ1) is 6.67. The van der Waals surface area contributed by atoms with E-state index in [0.29, 0.717) is 5.92 Å². The van der Waals surface area contributed by atoms with Crippen molar-refractivity contribution in [3.63, 3.8) is 0 Å². The summed E-state index contributed by atoms with van der Waals surface area (Å²) in [4.78, 5) is 0. The van der Waals surface area contributed by atoms with E-state index in [1.807, 2.05) is 0 Å². The van der Waals surface area contributed by atoms with Crippen molar-refractivity contribution < 1.29 is 5.11 Å². The Balaban J connectivity index is 2.35. The number of hydrogen-bond acceptors (Lipinski definition) is 3. The maximum atomic E-state index is 10.1. The van der Waals surface area contributed by atoms with E-state index < -0.39 is 5.72 Å². The first-order valence-electron chi connectivity index (χ1n) is 5.78. The van der Waals surface area contributed by atoms with Crippen LogP contribution in [-0.2, 0) is 0 Å². The van der Waals surface area contributed by atoms with Crippen molar-refractivity contribution in [2.24, 2.45) is 16.1 Å². The molecule has 0 amide bonds. The van der Waals surface area contributed by atoms with Crippen molar-refractivity contribution in [2.45, 2.75) is 58.1 Å². The Kier molecular flexibility index (Phi) is 4.52. The van der Waals surface area contributed by atoms with Gasteiger partial charge in [-0.1, -0.05) is 26.2 Å². The third kappa shape index (κ3) is 3.37. The molecular formula is C11H22N2O. The minimum absolute atomic E-state index is 0.327. The minimum atomic E-state index is -0.912. The number of hydrogen-bond donors (Lipinski definition) is 1. The molecule has 3 heteroatoms. The fraction of sp³-hybridized carbons (Fsp3) is 1.00. The van der Waals surface area contributed by atoms with Crippen LogP contribution in [0, 0.1) is 5.92 Å². The van der Waals surface area contributed by atoms with Gasteiger partial charge in [-0.2, -0.15) is 10.2 Å². The SMILES string of the molecule is CCCCN=NC(C)(O)C1CCCC1. The molecule has 0 spiro atoms. The number of unbranched alkanes of at least 4 members (excludes halogenated alkanes) is 1. The van der Waals surface area contributed by atoms with Crippen LogP contribution < -0.4 is 0 Å². The maximum Gasteiger partial charge on any atom is 0.176 e. The average molecular weight is 198 g/mol. The molecule has 0 saturated heterocycles. The van der Waals surface area contributed by atoms with E-state index in [9.17, 15) is 5.11 Å². The second-order valence-corrected chi connectivity index (χ2v) is 4.39. The normalized spacial score (nSPS) is 23.1. The lowest BCUT2D eigenvalue weighted by molar-refractivity contribution is 0.00267. The lowest BCUT2D eigenvalue weighted by Gasteiger charge is -2.23. The fourth-order valence-electron chi connectivity index (χ4n) is 1.98. The molecule has 1 fully saturated rings. The van der Waals surface area contributed by atoms with E-state index in [-0.39, 0.29) is 0 Å². The van der Waals surface area contributed by atoms with Crippen molar-refractivity contribution in [1.29, 1.82) is 0 Å². The summed E-state index contributed by atoms with van der Waals surface area (Å²) in [6, 6.07) is 0. The van der Waals surface area contributed by atoms with Gasteiger partial charge >= 0.3 is 0 Å². The van der Waals surface area contributed by atoms with E-state index >= 15 is 0 Å². The molecule has 1 aliphatic rings. The van der Waals surface area contributed by atoms with E-state index in [4.69, 9.17) is 0 Å². The molecular weight excluding hydrogens is 176 g/mol. The highest BCUT2D eigenvalue weighted by atomic mass is 16.3. The van der Waals surface area contributed by atoms with Gasteiger partial charge in [-0.15, -0.1) is 0 Å². The Labute approximate surface area is 86.6 Å². The highest BCUT2D eigenvalue weighted by Gasteiger charge is 2.33. The Morgan fingerprint density at radius 1 is 1.36 bits per heavy atom. The van der Waals surface area contributed by atoms with E-state index in [2.05, 4.69) is 17.2 Å². The first-order valence-corrected chi connectivity index (χ1v) is 5.78. The second-order valence-electron chi connectivity index (χ2n) is 4.39. The smallest absolute Gasteiger partial charge is 0.176 e. The predicted octanol–water partition coefficient (Wildman–Crippen LogP) is 3.14. The molecule has 82 valence electrons. The van der Waals surface area contributed by atoms with Gasteiger partial charge in [-0.05, 0) is 26.2 Å². The molecule has 1 unspecified atom stereocenters. The van der Waals surface area contributed by atoms with Gasteiger partial charge in [-0.3, -0.25) is 0 Å². The summed E-state index contributed by atoms with van der Waals surface area (Å²) >= 11 is 0. The molecule has 1 aliphatic carbocycles. The van der Waals surface area contributed by atoms with E-state index in [1.54, 1.807) is 6.92 Å². The summed E-state index contributed by atoms with van der Waals surface area (Å²) in [6.45, 7) is 4.67. The monoisotopic (exact) mass is 198 g/mol. The lowest BCUT2D eigenvalue weighted by Crippen LogP contribution is -2.30. The van der Waals surface area contributed by atoms with Crippen molar-refractivity contribution in [2.75, 3.05) is 6.54 Å². The average Bonchev–Trinajstić information content (AvgIpc) is 2.65. The molecule has 0 aliphatic heterocycles. The van der Waals surface area contributed by atoms with Crippen LogP contribution in [0.3, 0.4) is 0 Å². The maximum absolute atomic E-state index is 10.1. The molecule has 1 saturated carbocycles. The van der Waals surface area contributed by atoms with Crippen LogP contribution in [0.5, 0.6) is 0 Å². The van der Waals surface area contributed by atoms with Crippen LogP contribution in [-0.4, -0.2) is 17.4 Å². The third-order valence-corrected chi connectivity index (χ3v) is 3.01. The zero-order valence-electron chi connectivity index (χ0n) is 9.37. The number of rotatable bonds is 5. The van der Waals surface area contributed by atoms with Crippen LogP contribution in [0.1, 0.15) is 52.4 Å². The van der Waals surface area contributed by atoms with Gasteiger partial charge in [-0.25, -0.2) is 0 Å². The van der Waals surface area contributed by atoms with Crippen molar-refractivity contribution >= 4 is 0 Å². The van der Waals surface area contributed by atoms with Gasteiger partial charge in [0.05, 0.1) is 6.54 Å². The molecule has 3 nitrogen and oxygen atoms in total. The summed E-state index contributed by atoms with van der Waals surface area (Å²) in [7, 11) is 0. The van der Waals surface area contributed by atoms with Gasteiger partial charge in [0.1, 0.15) is 0 Å². The van der Waals surface area contributed by atoms with Crippen LogP contribution in [0.2, 0.25) is 0 Å². The third-order valence-electron chi connectivity index (χ3n) is 3.01. The summed E-state index contributed by atoms with van der Waals surface area (Å²) in [5.41, 5.74) is -0.912. The first kappa shape index (κ1) is 11.6. The highest BCUT2D eigenvalue weighted by Crippen LogP contribution is 2.34. The summed E-state index contributed by atoms with van der Waals surface area (Å²) in [5, 5.41) is 18.2. The molecule has 0 radical (unpaired) electrons. The van der Waals surface area contributed by atoms with Gasteiger partial charge in [0.2, 0.25) is 0 Å². The Hall–Kier alpha value is -0.440. The summed E-state index contributed by atoms with van der Waals surface area (Å²) in [5.74, 6) is 0.327. The van der Waals surface area contributed by atoms with Gasteiger partial charge in [0.25, 0.3) is 0 Å². The summed E-state index contributed by atoms with van der Waals surface area (Å²) < 4.78 is 0. The Morgan fingerprint density at radius 2 is 2.00 bits per heavy atom. The van der Waals surface area contributed by atoms with Crippen LogP contribution in [0.25, 0.3) is 0 Å². The lowest BCUT2D eigenvalue weighted by atomic mass is 9.97. The molecule has 1 rings (SSSR count). The molecule has 14 heavy (non-hydrogen) atoms. The second kappa shape index (κ2) is 5.44. The van der Waals surface area contributed by atoms with Crippen LogP contribution in [0.4, 0.5) is 0 Å². The Bertz CT molecular complexity index is 184. The topological polar surface area (TPSA) is 45.0 Å². The van der Waals surface area contributed by atoms with Crippen molar-refractivity contribution in [3.05, 3.63) is 0 Å². The van der Waals surface area contributed by atoms with Gasteiger partial charge in [0.15, 0.2) is 5.72 Å². The van der Waals surface area contributed by atoms with Crippen LogP contribution >= 0.6 is 0 Å². The summed E-state index contributed by atoms with van der Waals surface area (Å²) in [6.07, 6.45) is 6.84. The number of nitrogens with zero attached hydrogens (tertiary/aromatic N) is 2. The zero-order valence-corrected chi connectivity index (χ0v) is 9.37. The fourth-order valence-corrected chi connectivity index (χ4v) is 1.98. The quantitative estimate of drug-likeness (QED) is 0.535. The van der Waals surface area contributed by atoms with Crippen LogP contribution in [0.15, 0.2) is 10.2 Å². The standard InChI is InChI=1S/C11H22N2O/c1-3-4-9-12-13-11(2,14)10-7-5-6-8-10/h10,14H,3-9H2,1-2H3. The molecule has 0 aromatic carbocycles. The Morgan fingerprint density at radius 3 is 2.57 bits per heavy atom. The van der Waals surface area contributed by atoms with Gasteiger partial charge < -0.3 is 5.11 Å². The molecule has 0 aromatic rings. The number of aliphatic hydroxyl groups is 1. The molecule has 1 N–H and O–H groups in total. The van der Waals surface area contributed by atoms with Gasteiger partial charge in [0, 0.05) is 5.92 Å². The van der Waals surface area contributed by atoms with Crippen molar-refractivity contribution in [1.82, 2.24) is 0 Å². The minimum Gasteiger partial charge on any atom is -0.368 e. The van der Waals surface area contributed by atoms with E-state index in [1.165, 1.54) is 12.8 Å². The molecule has 0 bridgehead atoms. The van der Waals surface area contributed by atoms with Crippen molar-refractivity contribution in [3.8, 4) is 0 Å². The molecule has 0 heterocycles. The molecule has 0 aromatic heterocycles. The largest absolute Gasteiger partial charge is 0.368 e. The zero-order chi connectivity index (χ0) is 10.4. The number of azo groups is 1. The predicted molar refractivity (Wildman–Crippen MR) is 57.2 cm³/mol. The van der Waals surface area contributed by atoms with E-state index in [0.717, 1.165) is 32.2 Å². The molecule has 1 atom stereocenters. The highest BCUT2D eigenvalue weighted by molar-refractivity contribution is 4.82.